The van der Waals surface area contributed by atoms with E-state index in [1.54, 1.807) is 4.90 Å². The molecule has 1 aliphatic heterocycles. The van der Waals surface area contributed by atoms with Crippen LogP contribution in [0.1, 0.15) is 41.9 Å². The Labute approximate surface area is 182 Å². The minimum Gasteiger partial charge on any atom is -0.463 e. The summed E-state index contributed by atoms with van der Waals surface area (Å²) in [5.74, 6) is -0.613. The van der Waals surface area contributed by atoms with Gasteiger partial charge in [0.2, 0.25) is 5.82 Å². The van der Waals surface area contributed by atoms with Gasteiger partial charge in [-0.25, -0.2) is 19.6 Å². The van der Waals surface area contributed by atoms with Crippen molar-refractivity contribution in [1.82, 2.24) is 19.8 Å². The Hall–Kier alpha value is -3.00. The van der Waals surface area contributed by atoms with E-state index in [1.165, 1.54) is 25.1 Å². The van der Waals surface area contributed by atoms with Crippen LogP contribution in [0.2, 0.25) is 0 Å². The molecule has 1 saturated carbocycles. The topological polar surface area (TPSA) is 78.9 Å². The van der Waals surface area contributed by atoms with Crippen LogP contribution >= 0.6 is 0 Å². The molecule has 4 rings (SSSR count). The first-order valence-corrected chi connectivity index (χ1v) is 10.5. The van der Waals surface area contributed by atoms with Gasteiger partial charge in [0.25, 0.3) is 0 Å². The Morgan fingerprint density at radius 1 is 1.06 bits per heavy atom. The molecule has 0 bridgehead atoms. The molecule has 8 nitrogen and oxygen atoms in total. The SMILES string of the molecule is COC(=O)c1ncc(N2C[C@]3(CC[C@](c4ccccc4)(N(C)C)CC3)N(C)C2=O)cn1. The Kier molecular flexibility index (Phi) is 5.43. The van der Waals surface area contributed by atoms with Crippen molar-refractivity contribution < 1.29 is 14.3 Å². The van der Waals surface area contributed by atoms with Crippen LogP contribution in [0, 0.1) is 0 Å². The molecule has 1 spiro atoms. The molecule has 2 aromatic rings. The molecule has 2 amide bonds. The first-order valence-electron chi connectivity index (χ1n) is 10.5. The van der Waals surface area contributed by atoms with E-state index in [4.69, 9.17) is 0 Å². The third-order valence-corrected chi connectivity index (χ3v) is 7.17. The Morgan fingerprint density at radius 3 is 2.23 bits per heavy atom. The average molecular weight is 424 g/mol. The van der Waals surface area contributed by atoms with Crippen molar-refractivity contribution >= 4 is 17.7 Å². The smallest absolute Gasteiger partial charge is 0.376 e. The molecule has 8 heteroatoms. The Balaban J connectivity index is 1.56. The largest absolute Gasteiger partial charge is 0.463 e. The highest BCUT2D eigenvalue weighted by Crippen LogP contribution is 2.48. The van der Waals surface area contributed by atoms with Crippen LogP contribution in [0.3, 0.4) is 0 Å². The number of urea groups is 1. The maximum atomic E-state index is 13.1. The van der Waals surface area contributed by atoms with Crippen LogP contribution in [0.4, 0.5) is 10.5 Å². The van der Waals surface area contributed by atoms with Crippen LogP contribution < -0.4 is 4.90 Å². The van der Waals surface area contributed by atoms with Crippen LogP contribution in [0.5, 0.6) is 0 Å². The number of likely N-dealkylation sites (N-methyl/N-ethyl adjacent to an activating group) is 1. The summed E-state index contributed by atoms with van der Waals surface area (Å²) in [4.78, 5) is 38.8. The molecular formula is C23H29N5O3. The Morgan fingerprint density at radius 2 is 1.68 bits per heavy atom. The first kappa shape index (κ1) is 21.2. The van der Waals surface area contributed by atoms with E-state index < -0.39 is 5.97 Å². The van der Waals surface area contributed by atoms with Gasteiger partial charge in [0.1, 0.15) is 0 Å². The predicted molar refractivity (Wildman–Crippen MR) is 117 cm³/mol. The number of amides is 2. The van der Waals surface area contributed by atoms with E-state index in [0.29, 0.717) is 12.2 Å². The van der Waals surface area contributed by atoms with Gasteiger partial charge < -0.3 is 9.64 Å². The van der Waals surface area contributed by atoms with Gasteiger partial charge in [-0.3, -0.25) is 9.80 Å². The second kappa shape index (κ2) is 7.92. The lowest BCUT2D eigenvalue weighted by molar-refractivity contribution is 0.0340. The molecule has 2 heterocycles. The molecule has 0 atom stereocenters. The second-order valence-corrected chi connectivity index (χ2v) is 8.70. The number of ether oxygens (including phenoxy) is 1. The fraction of sp³-hybridized carbons (Fsp3) is 0.478. The normalized spacial score (nSPS) is 26.0. The van der Waals surface area contributed by atoms with Gasteiger partial charge in [-0.1, -0.05) is 30.3 Å². The van der Waals surface area contributed by atoms with Gasteiger partial charge in [-0.15, -0.1) is 0 Å². The molecule has 0 radical (unpaired) electrons. The molecule has 2 fully saturated rings. The highest BCUT2D eigenvalue weighted by Gasteiger charge is 2.53. The lowest BCUT2D eigenvalue weighted by Crippen LogP contribution is -2.54. The summed E-state index contributed by atoms with van der Waals surface area (Å²) in [5.41, 5.74) is 1.65. The predicted octanol–water partition coefficient (Wildman–Crippen LogP) is 2.90. The molecule has 31 heavy (non-hydrogen) atoms. The standard InChI is InChI=1S/C23H29N5O3/c1-26(2)23(17-8-6-5-7-9-17)12-10-22(11-13-23)16-28(21(30)27(22)3)18-14-24-19(25-15-18)20(29)31-4/h5-9,14-15H,10-13,16H2,1-4H3/t22-,23+. The number of hydrogen-bond donors (Lipinski definition) is 0. The van der Waals surface area contributed by atoms with Crippen LogP contribution in [-0.2, 0) is 10.3 Å². The lowest BCUT2D eigenvalue weighted by Gasteiger charge is -2.50. The average Bonchev–Trinajstić information content (AvgIpc) is 3.05. The molecule has 1 aliphatic carbocycles. The van der Waals surface area contributed by atoms with Gasteiger partial charge in [0.15, 0.2) is 0 Å². The van der Waals surface area contributed by atoms with Gasteiger partial charge in [-0.2, -0.15) is 0 Å². The van der Waals surface area contributed by atoms with Crippen molar-refractivity contribution in [3.63, 3.8) is 0 Å². The zero-order valence-corrected chi connectivity index (χ0v) is 18.5. The van der Waals surface area contributed by atoms with E-state index in [9.17, 15) is 9.59 Å². The molecule has 0 N–H and O–H groups in total. The van der Waals surface area contributed by atoms with E-state index >= 15 is 0 Å². The minimum absolute atomic E-state index is 0.0164. The number of aromatic nitrogens is 2. The van der Waals surface area contributed by atoms with Crippen molar-refractivity contribution in [2.75, 3.05) is 39.7 Å². The number of carbonyl (C=O) groups excluding carboxylic acids is 2. The van der Waals surface area contributed by atoms with Crippen molar-refractivity contribution in [3.05, 3.63) is 54.1 Å². The third-order valence-electron chi connectivity index (χ3n) is 7.17. The monoisotopic (exact) mass is 423 g/mol. The maximum absolute atomic E-state index is 13.1. The summed E-state index contributed by atoms with van der Waals surface area (Å²) < 4.78 is 4.65. The summed E-state index contributed by atoms with van der Waals surface area (Å²) >= 11 is 0. The zero-order valence-electron chi connectivity index (χ0n) is 18.5. The molecule has 164 valence electrons. The van der Waals surface area contributed by atoms with Crippen LogP contribution in [-0.4, -0.2) is 72.1 Å². The highest BCUT2D eigenvalue weighted by molar-refractivity contribution is 5.95. The number of benzene rings is 1. The fourth-order valence-corrected chi connectivity index (χ4v) is 5.08. The third kappa shape index (κ3) is 3.44. The Bertz CT molecular complexity index is 953. The van der Waals surface area contributed by atoms with Gasteiger partial charge in [-0.05, 0) is 45.3 Å². The maximum Gasteiger partial charge on any atom is 0.376 e. The molecule has 2 aliphatic rings. The van der Waals surface area contributed by atoms with Gasteiger partial charge >= 0.3 is 12.0 Å². The van der Waals surface area contributed by atoms with E-state index in [0.717, 1.165) is 25.7 Å². The summed E-state index contributed by atoms with van der Waals surface area (Å²) in [6.07, 6.45) is 6.77. The minimum atomic E-state index is -0.596. The lowest BCUT2D eigenvalue weighted by atomic mass is 9.68. The van der Waals surface area contributed by atoms with Crippen molar-refractivity contribution in [3.8, 4) is 0 Å². The van der Waals surface area contributed by atoms with E-state index in [-0.39, 0.29) is 22.9 Å². The number of nitrogens with zero attached hydrogens (tertiary/aromatic N) is 5. The summed E-state index contributed by atoms with van der Waals surface area (Å²) in [6.45, 7) is 0.585. The number of anilines is 1. The number of hydrogen-bond acceptors (Lipinski definition) is 6. The molecular weight excluding hydrogens is 394 g/mol. The number of esters is 1. The first-order chi connectivity index (χ1) is 14.8. The second-order valence-electron chi connectivity index (χ2n) is 8.70. The quantitative estimate of drug-likeness (QED) is 0.704. The van der Waals surface area contributed by atoms with E-state index in [2.05, 4.69) is 58.0 Å². The van der Waals surface area contributed by atoms with Crippen LogP contribution in [0.25, 0.3) is 0 Å². The summed E-state index contributed by atoms with van der Waals surface area (Å²) in [7, 11) is 7.45. The zero-order chi connectivity index (χ0) is 22.2. The summed E-state index contributed by atoms with van der Waals surface area (Å²) in [6, 6.07) is 10.6. The fourth-order valence-electron chi connectivity index (χ4n) is 5.08. The summed E-state index contributed by atoms with van der Waals surface area (Å²) in [5, 5.41) is 0. The number of methoxy groups -OCH3 is 1. The molecule has 1 saturated heterocycles. The molecule has 1 aromatic heterocycles. The van der Waals surface area contributed by atoms with Gasteiger partial charge in [0.05, 0.1) is 37.3 Å². The van der Waals surface area contributed by atoms with Crippen molar-refractivity contribution in [1.29, 1.82) is 0 Å². The highest BCUT2D eigenvalue weighted by atomic mass is 16.5. The number of rotatable bonds is 4. The molecule has 1 aromatic carbocycles. The molecule has 0 unspecified atom stereocenters. The number of carbonyl (C=O) groups is 2. The van der Waals surface area contributed by atoms with Crippen molar-refractivity contribution in [2.24, 2.45) is 0 Å². The van der Waals surface area contributed by atoms with Gasteiger partial charge in [0, 0.05) is 12.6 Å². The van der Waals surface area contributed by atoms with E-state index in [1.807, 2.05) is 18.0 Å². The van der Waals surface area contributed by atoms with Crippen LogP contribution in [0.15, 0.2) is 42.7 Å². The van der Waals surface area contributed by atoms with Crippen molar-refractivity contribution in [2.45, 2.75) is 36.8 Å².